The van der Waals surface area contributed by atoms with Crippen LogP contribution in [0, 0.1) is 34.5 Å². The molecule has 0 aromatic heterocycles. The molecule has 0 amide bonds. The molecular weight excluding hydrogens is 412 g/mol. The Morgan fingerprint density at radius 2 is 1.73 bits per heavy atom. The number of rotatable bonds is 2. The average Bonchev–Trinajstić information content (AvgIpc) is 3.15. The van der Waals surface area contributed by atoms with Crippen LogP contribution in [-0.4, -0.2) is 29.7 Å². The second kappa shape index (κ2) is 7.91. The lowest BCUT2D eigenvalue weighted by atomic mass is 9.45. The van der Waals surface area contributed by atoms with Crippen molar-refractivity contribution in [2.75, 3.05) is 6.61 Å². The Labute approximate surface area is 198 Å². The second-order valence-electron chi connectivity index (χ2n) is 12.3. The zero-order valence-electron chi connectivity index (χ0n) is 20.3. The molecule has 1 N–H and O–H groups in total. The molecule has 4 aliphatic carbocycles. The fourth-order valence-electron chi connectivity index (χ4n) is 8.80. The van der Waals surface area contributed by atoms with Gasteiger partial charge in [-0.15, -0.1) is 0 Å². The number of fused-ring (bicyclic) bond motifs is 5. The summed E-state index contributed by atoms with van der Waals surface area (Å²) in [6.45, 7) is 9.67. The van der Waals surface area contributed by atoms with Crippen LogP contribution in [0.25, 0.3) is 5.57 Å². The Morgan fingerprint density at radius 1 is 0.939 bits per heavy atom. The maximum absolute atomic E-state index is 10.7. The Hall–Kier alpha value is -1.20. The van der Waals surface area contributed by atoms with Gasteiger partial charge in [-0.3, -0.25) is 0 Å². The standard InChI is InChI=1S/C29H40O4/c1-19(20-7-5-4-6-8-20)25-18-31-29(33-32-25)16-15-27(2)21(17-29)9-10-22-23-11-12-26(30)28(23,3)14-13-24(22)27/h4-8,21-26,30H,1,9-18H2,2-3H3/t21-,22+,23+,24+,25?,26+,27+,28+,29?/m1/s1. The SMILES string of the molecule is C=C(c1ccccc1)C1COC2(CC[C@@]3(C)[C@H](CC[C@@H]4[C@@H]3CC[C@]3(C)[C@@H](O)CC[C@@H]43)C2)OO1. The Morgan fingerprint density at radius 3 is 2.48 bits per heavy atom. The summed E-state index contributed by atoms with van der Waals surface area (Å²) in [5.74, 6) is 2.26. The number of aliphatic hydroxyl groups excluding tert-OH is 1. The highest BCUT2D eigenvalue weighted by Crippen LogP contribution is 2.67. The molecule has 33 heavy (non-hydrogen) atoms. The van der Waals surface area contributed by atoms with Gasteiger partial charge in [-0.2, -0.15) is 0 Å². The van der Waals surface area contributed by atoms with Gasteiger partial charge in [-0.25, -0.2) is 9.78 Å². The molecule has 1 saturated heterocycles. The van der Waals surface area contributed by atoms with Gasteiger partial charge in [0.1, 0.15) is 6.10 Å². The average molecular weight is 453 g/mol. The predicted octanol–water partition coefficient (Wildman–Crippen LogP) is 6.15. The largest absolute Gasteiger partial charge is 0.393 e. The van der Waals surface area contributed by atoms with Crippen LogP contribution in [0.1, 0.15) is 77.2 Å². The van der Waals surface area contributed by atoms with Crippen molar-refractivity contribution in [1.29, 1.82) is 0 Å². The molecule has 5 aliphatic rings. The summed E-state index contributed by atoms with van der Waals surface area (Å²) in [6, 6.07) is 10.2. The maximum atomic E-state index is 10.7. The summed E-state index contributed by atoms with van der Waals surface area (Å²) in [5.41, 5.74) is 2.48. The second-order valence-corrected chi connectivity index (χ2v) is 12.3. The van der Waals surface area contributed by atoms with Crippen LogP contribution in [0.5, 0.6) is 0 Å². The van der Waals surface area contributed by atoms with E-state index in [4.69, 9.17) is 14.5 Å². The van der Waals surface area contributed by atoms with Crippen LogP contribution in [-0.2, 0) is 14.5 Å². The number of hydrogen-bond acceptors (Lipinski definition) is 4. The Balaban J connectivity index is 1.14. The molecule has 1 spiro atoms. The zero-order valence-corrected chi connectivity index (χ0v) is 20.3. The minimum Gasteiger partial charge on any atom is -0.393 e. The van der Waals surface area contributed by atoms with Crippen LogP contribution in [0.3, 0.4) is 0 Å². The van der Waals surface area contributed by atoms with Gasteiger partial charge in [-0.05, 0) is 90.6 Å². The van der Waals surface area contributed by atoms with E-state index < -0.39 is 5.79 Å². The third-order valence-electron chi connectivity index (χ3n) is 11.0. The van der Waals surface area contributed by atoms with E-state index in [-0.39, 0.29) is 17.6 Å². The van der Waals surface area contributed by atoms with Gasteiger partial charge in [0.2, 0.25) is 5.79 Å². The molecule has 180 valence electrons. The fourth-order valence-corrected chi connectivity index (χ4v) is 8.80. The third kappa shape index (κ3) is 3.39. The number of benzene rings is 1. The Bertz CT molecular complexity index is 890. The first-order valence-electron chi connectivity index (χ1n) is 13.3. The summed E-state index contributed by atoms with van der Waals surface area (Å²) in [4.78, 5) is 12.0. The fraction of sp³-hybridized carbons (Fsp3) is 0.724. The van der Waals surface area contributed by atoms with E-state index >= 15 is 0 Å². The summed E-state index contributed by atoms with van der Waals surface area (Å²) in [6.07, 6.45) is 9.84. The predicted molar refractivity (Wildman–Crippen MR) is 128 cm³/mol. The first-order chi connectivity index (χ1) is 15.8. The molecular formula is C29H40O4. The molecule has 1 aromatic rings. The van der Waals surface area contributed by atoms with Crippen LogP contribution in [0.15, 0.2) is 36.9 Å². The summed E-state index contributed by atoms with van der Waals surface area (Å²) < 4.78 is 6.45. The minimum absolute atomic E-state index is 0.0941. The number of ether oxygens (including phenoxy) is 1. The highest BCUT2D eigenvalue weighted by Gasteiger charge is 2.62. The van der Waals surface area contributed by atoms with E-state index in [1.165, 1.54) is 32.1 Å². The molecule has 4 heteroatoms. The normalized spacial score (nSPS) is 49.2. The van der Waals surface area contributed by atoms with E-state index in [0.717, 1.165) is 48.7 Å². The lowest BCUT2D eigenvalue weighted by Crippen LogP contribution is -2.58. The van der Waals surface area contributed by atoms with Crippen LogP contribution < -0.4 is 0 Å². The van der Waals surface area contributed by atoms with E-state index in [1.807, 2.05) is 18.2 Å². The zero-order chi connectivity index (χ0) is 22.8. The van der Waals surface area contributed by atoms with Gasteiger partial charge >= 0.3 is 0 Å². The molecule has 4 nitrogen and oxygen atoms in total. The van der Waals surface area contributed by atoms with Crippen molar-refractivity contribution in [2.24, 2.45) is 34.5 Å². The monoisotopic (exact) mass is 452 g/mol. The van der Waals surface area contributed by atoms with E-state index in [0.29, 0.717) is 23.9 Å². The van der Waals surface area contributed by atoms with Crippen molar-refractivity contribution < 1.29 is 19.6 Å². The molecule has 0 radical (unpaired) electrons. The summed E-state index contributed by atoms with van der Waals surface area (Å²) in [7, 11) is 0. The van der Waals surface area contributed by atoms with E-state index in [2.05, 4.69) is 32.6 Å². The summed E-state index contributed by atoms with van der Waals surface area (Å²) in [5, 5.41) is 10.7. The third-order valence-corrected chi connectivity index (χ3v) is 11.0. The molecule has 0 bridgehead atoms. The highest BCUT2D eigenvalue weighted by atomic mass is 17.2. The molecule has 1 heterocycles. The van der Waals surface area contributed by atoms with Crippen LogP contribution in [0.4, 0.5) is 0 Å². The molecule has 2 unspecified atom stereocenters. The summed E-state index contributed by atoms with van der Waals surface area (Å²) >= 11 is 0. The van der Waals surface area contributed by atoms with E-state index in [1.54, 1.807) is 0 Å². The van der Waals surface area contributed by atoms with Crippen LogP contribution >= 0.6 is 0 Å². The lowest BCUT2D eigenvalue weighted by Gasteiger charge is -2.62. The van der Waals surface area contributed by atoms with E-state index in [9.17, 15) is 5.11 Å². The molecule has 6 rings (SSSR count). The van der Waals surface area contributed by atoms with Crippen molar-refractivity contribution in [1.82, 2.24) is 0 Å². The first kappa shape index (κ1) is 22.3. The number of aliphatic hydroxyl groups is 1. The quantitative estimate of drug-likeness (QED) is 0.547. The van der Waals surface area contributed by atoms with Crippen molar-refractivity contribution in [3.8, 4) is 0 Å². The highest BCUT2D eigenvalue weighted by molar-refractivity contribution is 5.66. The molecule has 9 atom stereocenters. The minimum atomic E-state index is -0.600. The molecule has 1 aliphatic heterocycles. The molecule has 1 aromatic carbocycles. The van der Waals surface area contributed by atoms with Crippen molar-refractivity contribution in [2.45, 2.75) is 89.6 Å². The van der Waals surface area contributed by atoms with Gasteiger partial charge in [0.15, 0.2) is 0 Å². The number of hydrogen-bond donors (Lipinski definition) is 1. The Kier molecular flexibility index (Phi) is 5.34. The van der Waals surface area contributed by atoms with Gasteiger partial charge < -0.3 is 9.84 Å². The van der Waals surface area contributed by atoms with Gasteiger partial charge in [0.25, 0.3) is 0 Å². The van der Waals surface area contributed by atoms with Crippen molar-refractivity contribution in [3.63, 3.8) is 0 Å². The lowest BCUT2D eigenvalue weighted by molar-refractivity contribution is -0.489. The molecule has 5 fully saturated rings. The van der Waals surface area contributed by atoms with Gasteiger partial charge in [0.05, 0.1) is 12.7 Å². The van der Waals surface area contributed by atoms with Crippen molar-refractivity contribution in [3.05, 3.63) is 42.5 Å². The first-order valence-corrected chi connectivity index (χ1v) is 13.3. The topological polar surface area (TPSA) is 47.9 Å². The molecule has 4 saturated carbocycles. The smallest absolute Gasteiger partial charge is 0.202 e. The van der Waals surface area contributed by atoms with Gasteiger partial charge in [0, 0.05) is 12.8 Å². The van der Waals surface area contributed by atoms with Gasteiger partial charge in [-0.1, -0.05) is 50.8 Å². The maximum Gasteiger partial charge on any atom is 0.202 e. The van der Waals surface area contributed by atoms with Crippen LogP contribution in [0.2, 0.25) is 0 Å². The van der Waals surface area contributed by atoms with Crippen molar-refractivity contribution >= 4 is 5.57 Å².